The molecule has 0 bridgehead atoms. The summed E-state index contributed by atoms with van der Waals surface area (Å²) in [5.74, 6) is 0. The van der Waals surface area contributed by atoms with Crippen LogP contribution in [-0.2, 0) is 35.2 Å². The Morgan fingerprint density at radius 2 is 0.505 bits per heavy atom. The number of hydrogen-bond acceptors (Lipinski definition) is 0. The Labute approximate surface area is 684 Å². The van der Waals surface area contributed by atoms with Crippen molar-refractivity contribution in [1.82, 2.24) is 0 Å². The van der Waals surface area contributed by atoms with Crippen LogP contribution in [0.2, 0.25) is 0 Å². The molecule has 10 aromatic carbocycles. The first-order chi connectivity index (χ1) is 62.1. The fourth-order valence-corrected chi connectivity index (χ4v) is 13.6. The van der Waals surface area contributed by atoms with Crippen LogP contribution < -0.4 is 22.8 Å². The molecule has 109 heavy (non-hydrogen) atoms. The minimum Gasteiger partial charge on any atom is -0.201 e. The minimum atomic E-state index is -2.25. The predicted molar refractivity (Wildman–Crippen MR) is 459 cm³/mol. The van der Waals surface area contributed by atoms with Crippen molar-refractivity contribution in [2.45, 2.75) is 96.4 Å². The summed E-state index contributed by atoms with van der Waals surface area (Å²) in [4.78, 5) is 0. The number of hydrogen-bond donors (Lipinski definition) is 0. The summed E-state index contributed by atoms with van der Waals surface area (Å²) < 4.78 is 196. The van der Waals surface area contributed by atoms with Crippen LogP contribution in [0.5, 0.6) is 0 Å². The van der Waals surface area contributed by atoms with Gasteiger partial charge in [-0.1, -0.05) is 212 Å². The second-order valence-corrected chi connectivity index (χ2v) is 27.5. The van der Waals surface area contributed by atoms with Crippen molar-refractivity contribution in [2.24, 2.45) is 35.2 Å². The molecule has 0 N–H and O–H groups in total. The smallest absolute Gasteiger partial charge is 0.201 e. The summed E-state index contributed by atoms with van der Waals surface area (Å²) in [5.41, 5.74) is 25.7. The summed E-state index contributed by atoms with van der Waals surface area (Å²) in [6.07, 6.45) is 8.30. The summed E-state index contributed by atoms with van der Waals surface area (Å²) in [6.45, 7) is -5.93. The van der Waals surface area contributed by atoms with E-state index >= 15 is 0 Å². The Balaban J connectivity index is 0.000000160. The van der Waals surface area contributed by atoms with Gasteiger partial charge in [-0.15, -0.1) is 0 Å². The van der Waals surface area contributed by atoms with E-state index in [0.717, 1.165) is 112 Å². The topological polar surface area (TPSA) is 19.4 Å². The molecule has 5 aromatic heterocycles. The fraction of sp³-hybridized carbons (Fsp3) is 0.183. The van der Waals surface area contributed by atoms with E-state index < -0.39 is 54.8 Å². The zero-order chi connectivity index (χ0) is 97.6. The molecular weight excluding hydrogens is 1320 g/mol. The molecule has 544 valence electrons. The highest BCUT2D eigenvalue weighted by atomic mass is 14.9. The summed E-state index contributed by atoms with van der Waals surface area (Å²) in [7, 11) is 9.19. The van der Waals surface area contributed by atoms with E-state index in [1.54, 1.807) is 114 Å². The monoisotopic (exact) mass is 1450 g/mol. The molecule has 5 heteroatoms. The molecule has 0 fully saturated rings. The summed E-state index contributed by atoms with van der Waals surface area (Å²) in [6, 6.07) is 87.7. The lowest BCUT2D eigenvalue weighted by molar-refractivity contribution is -0.660. The maximum Gasteiger partial charge on any atom is 0.213 e. The first-order valence-electron chi connectivity index (χ1n) is 48.1. The van der Waals surface area contributed by atoms with Crippen LogP contribution in [0.15, 0.2) is 310 Å². The van der Waals surface area contributed by atoms with Crippen LogP contribution in [0.3, 0.4) is 0 Å². The second kappa shape index (κ2) is 35.6. The average molecular weight is 1450 g/mol. The van der Waals surface area contributed by atoms with Crippen molar-refractivity contribution in [1.29, 1.82) is 0 Å². The van der Waals surface area contributed by atoms with Gasteiger partial charge in [0.05, 0.1) is 0 Å². The number of aromatic nitrogens is 5. The van der Waals surface area contributed by atoms with Gasteiger partial charge in [0.2, 0.25) is 28.5 Å². The van der Waals surface area contributed by atoms with Crippen molar-refractivity contribution in [3.63, 3.8) is 0 Å². The molecule has 15 rings (SSSR count). The number of nitrogens with zero attached hydrogens (tertiary/aromatic N) is 5. The van der Waals surface area contributed by atoms with Crippen LogP contribution in [0.25, 0.3) is 112 Å². The zero-order valence-electron chi connectivity index (χ0n) is 87.7. The molecule has 5 nitrogen and oxygen atoms in total. The molecule has 0 saturated carbocycles. The van der Waals surface area contributed by atoms with Gasteiger partial charge in [-0.05, 0) is 239 Å². The summed E-state index contributed by atoms with van der Waals surface area (Å²) in [5, 5.41) is 0. The largest absolute Gasteiger partial charge is 0.213 e. The molecule has 0 aliphatic carbocycles. The first kappa shape index (κ1) is 52.1. The molecule has 0 spiro atoms. The van der Waals surface area contributed by atoms with Gasteiger partial charge in [-0.25, -0.2) is 22.8 Å². The van der Waals surface area contributed by atoms with Crippen molar-refractivity contribution in [2.75, 3.05) is 0 Å². The SMILES string of the molecule is [2H]C([2H])([2H])c1c[n+](C)c(-c2cc(-c3ccccc3)c(C([2H])([2H])[2H])cc2C)cc1C.[2H]C([2H])([2H])c1c[n+](C)c(-c2ccccc2C)cc1-c1ccccc1.[2H]C([2H])([2H])c1ccc(-c2cc(-c3ccccc3)c(C([2H])([2H])[2H])c[n+]2C)c(C)c1.[2H]C([2H])([2H])c1ccc(-c2cc(-c3ccccc3)c(C([2H])([2H])[2H])cc2C)[n+](C)c1.[2H]C([2H])([2H])c1ccc(-c2ccc(-c3ccccc3)cc2C)[n+](C)c1. The molecule has 0 amide bonds. The highest BCUT2D eigenvalue weighted by molar-refractivity contribution is 5.79. The Hall–Kier alpha value is -12.1. The van der Waals surface area contributed by atoms with Crippen LogP contribution in [0.4, 0.5) is 0 Å². The number of rotatable bonds is 10. The van der Waals surface area contributed by atoms with Crippen molar-refractivity contribution in [3.05, 3.63) is 388 Å². The summed E-state index contributed by atoms with van der Waals surface area (Å²) >= 11 is 0. The maximum absolute atomic E-state index is 7.97. The molecule has 0 aliphatic heterocycles. The third-order valence-electron chi connectivity index (χ3n) is 19.4. The van der Waals surface area contributed by atoms with Gasteiger partial charge in [-0.2, -0.15) is 0 Å². The van der Waals surface area contributed by atoms with Gasteiger partial charge >= 0.3 is 0 Å². The van der Waals surface area contributed by atoms with Gasteiger partial charge in [0, 0.05) is 119 Å². The third-order valence-corrected chi connectivity index (χ3v) is 19.4. The molecule has 0 atom stereocenters. The molecule has 0 unspecified atom stereocenters. The predicted octanol–water partition coefficient (Wildman–Crippen LogP) is 23.5. The van der Waals surface area contributed by atoms with Gasteiger partial charge in [0.1, 0.15) is 35.2 Å². The Bertz CT molecular complexity index is 6490. The van der Waals surface area contributed by atoms with E-state index in [9.17, 15) is 0 Å². The Morgan fingerprint density at radius 3 is 0.917 bits per heavy atom. The van der Waals surface area contributed by atoms with E-state index in [1.807, 2.05) is 239 Å². The number of benzene rings is 10. The van der Waals surface area contributed by atoms with Crippen molar-refractivity contribution >= 4 is 0 Å². The van der Waals surface area contributed by atoms with Gasteiger partial charge < -0.3 is 0 Å². The van der Waals surface area contributed by atoms with E-state index in [1.165, 1.54) is 11.1 Å². The van der Waals surface area contributed by atoms with Crippen molar-refractivity contribution in [3.8, 4) is 112 Å². The van der Waals surface area contributed by atoms with Gasteiger partial charge in [0.15, 0.2) is 31.0 Å². The highest BCUT2D eigenvalue weighted by Crippen LogP contribution is 2.36. The van der Waals surface area contributed by atoms with Crippen LogP contribution >= 0.6 is 0 Å². The van der Waals surface area contributed by atoms with Gasteiger partial charge in [-0.3, -0.25) is 0 Å². The lowest BCUT2D eigenvalue weighted by Gasteiger charge is -2.12. The lowest BCUT2D eigenvalue weighted by atomic mass is 9.93. The molecule has 0 aliphatic rings. The van der Waals surface area contributed by atoms with Crippen LogP contribution in [0, 0.1) is 96.4 Å². The highest BCUT2D eigenvalue weighted by Gasteiger charge is 2.22. The lowest BCUT2D eigenvalue weighted by Crippen LogP contribution is -2.31. The van der Waals surface area contributed by atoms with E-state index in [4.69, 9.17) is 32.9 Å². The van der Waals surface area contributed by atoms with Crippen LogP contribution in [-0.4, -0.2) is 0 Å². The molecule has 5 heterocycles. The zero-order valence-corrected chi connectivity index (χ0v) is 63.7. The van der Waals surface area contributed by atoms with E-state index in [2.05, 4.69) is 56.3 Å². The van der Waals surface area contributed by atoms with Crippen LogP contribution in [0.1, 0.15) is 111 Å². The normalized spacial score (nSPS) is 14.9. The fourth-order valence-electron chi connectivity index (χ4n) is 13.6. The first-order valence-corrected chi connectivity index (χ1v) is 36.1. The standard InChI is InChI=1S/C22H24N.2C21H22N.2C20H20N/c1-15-12-22(23(5)14-18(15)4)21-13-20(16(2)11-17(21)3)19-9-7-6-8-10-19;1-15-10-11-21(22(4)14-15)20-13-19(16(2)12-17(20)3)18-8-6-5-7-9-18;1-15-10-11-19(16(2)12-15)21-13-20(17(3)14-22(21)4)18-8-6-5-7-9-18;1-15-9-7-8-12-18(15)20-13-19(16(2)14-21(20)3)17-10-5-4-6-11-17;1-15-9-12-20(21(3)14-15)19-11-10-18(13-16(19)2)17-7-5-4-6-8-17/h6-14H,1-5H3;2*5-14H,1-4H3;2*4-14H,1-3H3/q5*+1/i2D3,4D3;1D3,2D3;1D3,3D3;2D3;1D3. The van der Waals surface area contributed by atoms with Gasteiger partial charge in [0.25, 0.3) is 0 Å². The molecule has 0 saturated heterocycles. The molecule has 0 radical (unpaired) electrons. The maximum atomic E-state index is 7.97. The average Bonchev–Trinajstić information content (AvgIpc) is 0.775. The molecule has 15 aromatic rings. The Morgan fingerprint density at radius 1 is 0.174 bits per heavy atom. The number of aryl methyl sites for hydroxylation is 19. The van der Waals surface area contributed by atoms with E-state index in [0.29, 0.717) is 55.6 Å². The second-order valence-electron chi connectivity index (χ2n) is 27.5. The number of pyridine rings is 5. The molecular formula is C104H108N5+5. The Kier molecular flexibility index (Phi) is 17.0. The van der Waals surface area contributed by atoms with Crippen molar-refractivity contribution < 1.29 is 55.7 Å². The van der Waals surface area contributed by atoms with E-state index in [-0.39, 0.29) is 11.1 Å². The quantitative estimate of drug-likeness (QED) is 0.122. The third kappa shape index (κ3) is 19.0. The minimum absolute atomic E-state index is 0.263.